The lowest BCUT2D eigenvalue weighted by molar-refractivity contribution is 0.475. The van der Waals surface area contributed by atoms with Crippen LogP contribution in [0.25, 0.3) is 11.4 Å². The number of phenolic OH excluding ortho intramolecular Hbond substituents is 1. The zero-order chi connectivity index (χ0) is 13.1. The molecular weight excluding hydrogens is 228 g/mol. The van der Waals surface area contributed by atoms with Gasteiger partial charge in [-0.15, -0.1) is 0 Å². The molecule has 1 heterocycles. The summed E-state index contributed by atoms with van der Waals surface area (Å²) in [6.45, 7) is 3.98. The predicted molar refractivity (Wildman–Crippen MR) is 71.1 cm³/mol. The lowest BCUT2D eigenvalue weighted by Crippen LogP contribution is -2.13. The van der Waals surface area contributed by atoms with Gasteiger partial charge in [0.05, 0.1) is 0 Å². The highest BCUT2D eigenvalue weighted by atomic mass is 16.3. The number of aryl methyl sites for hydroxylation is 1. The lowest BCUT2D eigenvalue weighted by Gasteiger charge is -2.11. The Bertz CT molecular complexity index is 526. The Kier molecular flexibility index (Phi) is 3.43. The molecule has 0 radical (unpaired) electrons. The number of nitrogens with zero attached hydrogens (tertiary/aromatic N) is 2. The van der Waals surface area contributed by atoms with Crippen LogP contribution in [0.1, 0.15) is 18.2 Å². The standard InChI is InChI=1S/C13H16N4O/c1-3-11-8(2)12(17-14)16-13(15-11)9-4-6-10(18)7-5-9/h4-7,18H,3,14H2,1-2H3,(H,15,16,17). The van der Waals surface area contributed by atoms with Gasteiger partial charge in [0.25, 0.3) is 0 Å². The van der Waals surface area contributed by atoms with Gasteiger partial charge in [0.2, 0.25) is 0 Å². The van der Waals surface area contributed by atoms with E-state index in [9.17, 15) is 5.11 Å². The first kappa shape index (κ1) is 12.3. The van der Waals surface area contributed by atoms with Crippen LogP contribution in [0.15, 0.2) is 24.3 Å². The van der Waals surface area contributed by atoms with Gasteiger partial charge in [-0.25, -0.2) is 15.8 Å². The molecule has 0 amide bonds. The number of nitrogen functional groups attached to an aromatic ring is 1. The predicted octanol–water partition coefficient (Wildman–Crippen LogP) is 2.01. The summed E-state index contributed by atoms with van der Waals surface area (Å²) in [5, 5.41) is 9.28. The molecule has 0 atom stereocenters. The summed E-state index contributed by atoms with van der Waals surface area (Å²) >= 11 is 0. The third-order valence-corrected chi connectivity index (χ3v) is 2.84. The molecule has 0 bridgehead atoms. The quantitative estimate of drug-likeness (QED) is 0.568. The molecule has 1 aromatic carbocycles. The Morgan fingerprint density at radius 1 is 1.22 bits per heavy atom. The minimum Gasteiger partial charge on any atom is -0.508 e. The molecule has 0 saturated heterocycles. The number of hydrogen-bond acceptors (Lipinski definition) is 5. The summed E-state index contributed by atoms with van der Waals surface area (Å²) in [6.07, 6.45) is 0.814. The first-order valence-corrected chi connectivity index (χ1v) is 5.79. The SMILES string of the molecule is CCc1nc(-c2ccc(O)cc2)nc(NN)c1C. The molecule has 4 N–H and O–H groups in total. The van der Waals surface area contributed by atoms with Crippen molar-refractivity contribution in [2.75, 3.05) is 5.43 Å². The molecule has 94 valence electrons. The number of nitrogens with two attached hydrogens (primary N) is 1. The molecule has 18 heavy (non-hydrogen) atoms. The molecule has 5 nitrogen and oxygen atoms in total. The van der Waals surface area contributed by atoms with E-state index in [4.69, 9.17) is 5.84 Å². The summed E-state index contributed by atoms with van der Waals surface area (Å²) < 4.78 is 0. The van der Waals surface area contributed by atoms with Gasteiger partial charge in [0.1, 0.15) is 11.6 Å². The van der Waals surface area contributed by atoms with Crippen LogP contribution in [0, 0.1) is 6.92 Å². The van der Waals surface area contributed by atoms with Crippen molar-refractivity contribution in [2.45, 2.75) is 20.3 Å². The fourth-order valence-corrected chi connectivity index (χ4v) is 1.79. The molecule has 0 unspecified atom stereocenters. The van der Waals surface area contributed by atoms with E-state index in [1.54, 1.807) is 24.3 Å². The number of aromatic nitrogens is 2. The second-order valence-electron chi connectivity index (χ2n) is 4.01. The van der Waals surface area contributed by atoms with Crippen molar-refractivity contribution in [1.29, 1.82) is 0 Å². The number of hydrogen-bond donors (Lipinski definition) is 3. The summed E-state index contributed by atoms with van der Waals surface area (Å²) in [6, 6.07) is 6.78. The fraction of sp³-hybridized carbons (Fsp3) is 0.231. The second-order valence-corrected chi connectivity index (χ2v) is 4.01. The molecule has 0 aliphatic rings. The zero-order valence-corrected chi connectivity index (χ0v) is 10.4. The van der Waals surface area contributed by atoms with Crippen LogP contribution in [-0.2, 0) is 6.42 Å². The minimum atomic E-state index is 0.221. The number of aromatic hydroxyl groups is 1. The van der Waals surface area contributed by atoms with Crippen molar-refractivity contribution in [3.05, 3.63) is 35.5 Å². The van der Waals surface area contributed by atoms with Gasteiger partial charge >= 0.3 is 0 Å². The monoisotopic (exact) mass is 244 g/mol. The highest BCUT2D eigenvalue weighted by Gasteiger charge is 2.10. The third kappa shape index (κ3) is 2.26. The van der Waals surface area contributed by atoms with Gasteiger partial charge in [0, 0.05) is 16.8 Å². The molecule has 0 fully saturated rings. The molecule has 2 rings (SSSR count). The minimum absolute atomic E-state index is 0.221. The van der Waals surface area contributed by atoms with Gasteiger partial charge in [-0.3, -0.25) is 0 Å². The van der Waals surface area contributed by atoms with E-state index in [2.05, 4.69) is 15.4 Å². The lowest BCUT2D eigenvalue weighted by atomic mass is 10.1. The van der Waals surface area contributed by atoms with Crippen LogP contribution in [0.5, 0.6) is 5.75 Å². The summed E-state index contributed by atoms with van der Waals surface area (Å²) in [7, 11) is 0. The summed E-state index contributed by atoms with van der Waals surface area (Å²) in [5.74, 6) is 6.92. The van der Waals surface area contributed by atoms with Gasteiger partial charge < -0.3 is 10.5 Å². The van der Waals surface area contributed by atoms with Gasteiger partial charge in [-0.05, 0) is 37.6 Å². The largest absolute Gasteiger partial charge is 0.508 e. The van der Waals surface area contributed by atoms with Gasteiger partial charge in [-0.1, -0.05) is 6.92 Å². The summed E-state index contributed by atoms with van der Waals surface area (Å²) in [5.41, 5.74) is 5.36. The Balaban J connectivity index is 2.54. The van der Waals surface area contributed by atoms with Gasteiger partial charge in [0.15, 0.2) is 5.82 Å². The van der Waals surface area contributed by atoms with E-state index in [-0.39, 0.29) is 5.75 Å². The van der Waals surface area contributed by atoms with Crippen molar-refractivity contribution >= 4 is 5.82 Å². The normalized spacial score (nSPS) is 10.4. The Hall–Kier alpha value is -2.14. The van der Waals surface area contributed by atoms with Crippen molar-refractivity contribution in [1.82, 2.24) is 9.97 Å². The van der Waals surface area contributed by atoms with Crippen LogP contribution >= 0.6 is 0 Å². The summed E-state index contributed by atoms with van der Waals surface area (Å²) in [4.78, 5) is 8.88. The third-order valence-electron chi connectivity index (χ3n) is 2.84. The maximum atomic E-state index is 9.28. The van der Waals surface area contributed by atoms with E-state index < -0.39 is 0 Å². The number of anilines is 1. The van der Waals surface area contributed by atoms with E-state index in [1.165, 1.54) is 0 Å². The maximum absolute atomic E-state index is 9.28. The molecular formula is C13H16N4O. The van der Waals surface area contributed by atoms with E-state index in [0.29, 0.717) is 11.6 Å². The van der Waals surface area contributed by atoms with E-state index in [0.717, 1.165) is 23.2 Å². The number of nitrogens with one attached hydrogen (secondary N) is 1. The van der Waals surface area contributed by atoms with Crippen molar-refractivity contribution in [3.63, 3.8) is 0 Å². The van der Waals surface area contributed by atoms with Crippen molar-refractivity contribution in [2.24, 2.45) is 5.84 Å². The average molecular weight is 244 g/mol. The first-order chi connectivity index (χ1) is 8.65. The molecule has 1 aromatic heterocycles. The first-order valence-electron chi connectivity index (χ1n) is 5.79. The van der Waals surface area contributed by atoms with Crippen LogP contribution < -0.4 is 11.3 Å². The number of hydrazine groups is 1. The molecule has 0 aliphatic carbocycles. The smallest absolute Gasteiger partial charge is 0.161 e. The van der Waals surface area contributed by atoms with Crippen LogP contribution in [0.3, 0.4) is 0 Å². The Morgan fingerprint density at radius 2 is 1.89 bits per heavy atom. The Morgan fingerprint density at radius 3 is 2.44 bits per heavy atom. The molecule has 5 heteroatoms. The average Bonchev–Trinajstić information content (AvgIpc) is 2.40. The topological polar surface area (TPSA) is 84.1 Å². The Labute approximate surface area is 106 Å². The van der Waals surface area contributed by atoms with Crippen molar-refractivity contribution < 1.29 is 5.11 Å². The molecule has 2 aromatic rings. The van der Waals surface area contributed by atoms with Crippen LogP contribution in [0.4, 0.5) is 5.82 Å². The number of phenols is 1. The molecule has 0 spiro atoms. The van der Waals surface area contributed by atoms with Crippen LogP contribution in [-0.4, -0.2) is 15.1 Å². The van der Waals surface area contributed by atoms with E-state index >= 15 is 0 Å². The highest BCUT2D eigenvalue weighted by Crippen LogP contribution is 2.23. The number of rotatable bonds is 3. The van der Waals surface area contributed by atoms with E-state index in [1.807, 2.05) is 13.8 Å². The highest BCUT2D eigenvalue weighted by molar-refractivity contribution is 5.60. The molecule has 0 aliphatic heterocycles. The van der Waals surface area contributed by atoms with Crippen molar-refractivity contribution in [3.8, 4) is 17.1 Å². The van der Waals surface area contributed by atoms with Crippen LogP contribution in [0.2, 0.25) is 0 Å². The second kappa shape index (κ2) is 5.01. The zero-order valence-electron chi connectivity index (χ0n) is 10.4. The number of benzene rings is 1. The fourth-order valence-electron chi connectivity index (χ4n) is 1.79. The van der Waals surface area contributed by atoms with Gasteiger partial charge in [-0.2, -0.15) is 0 Å². The molecule has 0 saturated carbocycles. The maximum Gasteiger partial charge on any atom is 0.161 e.